The second-order valence-corrected chi connectivity index (χ2v) is 11.4. The van der Waals surface area contributed by atoms with E-state index in [1.165, 1.54) is 35.2 Å². The number of nitrogens with one attached hydrogen (secondary N) is 1. The van der Waals surface area contributed by atoms with Gasteiger partial charge in [-0.25, -0.2) is 13.2 Å². The molecule has 0 bridgehead atoms. The number of amides is 2. The van der Waals surface area contributed by atoms with Gasteiger partial charge in [-0.1, -0.05) is 12.1 Å². The normalized spacial score (nSPS) is 18.5. The lowest BCUT2D eigenvalue weighted by molar-refractivity contribution is -0.137. The topological polar surface area (TPSA) is 111 Å². The van der Waals surface area contributed by atoms with Crippen molar-refractivity contribution in [3.8, 4) is 6.07 Å². The van der Waals surface area contributed by atoms with Crippen molar-refractivity contribution in [1.29, 1.82) is 5.26 Å². The van der Waals surface area contributed by atoms with E-state index in [-0.39, 0.29) is 57.4 Å². The Morgan fingerprint density at radius 1 is 1.18 bits per heavy atom. The first-order chi connectivity index (χ1) is 18.8. The third-order valence-corrected chi connectivity index (χ3v) is 7.94. The van der Waals surface area contributed by atoms with Crippen LogP contribution in [-0.2, 0) is 20.8 Å². The summed E-state index contributed by atoms with van der Waals surface area (Å²) in [5, 5.41) is 12.5. The van der Waals surface area contributed by atoms with E-state index in [0.717, 1.165) is 23.3 Å². The number of allylic oxidation sites excluding steroid dienone is 2. The van der Waals surface area contributed by atoms with Crippen LogP contribution in [0.1, 0.15) is 55.8 Å². The quantitative estimate of drug-likeness (QED) is 0.494. The fourth-order valence-electron chi connectivity index (χ4n) is 5.13. The number of hydrogen-bond acceptors (Lipinski definition) is 6. The zero-order valence-corrected chi connectivity index (χ0v) is 22.9. The minimum absolute atomic E-state index is 0.0689. The highest BCUT2D eigenvalue weighted by Crippen LogP contribution is 2.47. The molecule has 1 aliphatic carbocycles. The highest BCUT2D eigenvalue weighted by Gasteiger charge is 2.47. The molecule has 1 N–H and O–H groups in total. The van der Waals surface area contributed by atoms with E-state index >= 15 is 0 Å². The summed E-state index contributed by atoms with van der Waals surface area (Å²) in [6.07, 6.45) is -1.43. The Balaban J connectivity index is 2.09. The van der Waals surface area contributed by atoms with Gasteiger partial charge in [-0.15, -0.1) is 0 Å². The molecule has 0 spiro atoms. The van der Waals surface area contributed by atoms with E-state index in [0.29, 0.717) is 13.0 Å². The van der Waals surface area contributed by atoms with Gasteiger partial charge < -0.3 is 5.32 Å². The number of rotatable bonds is 6. The molecule has 0 radical (unpaired) electrons. The second-order valence-electron chi connectivity index (χ2n) is 9.42. The summed E-state index contributed by atoms with van der Waals surface area (Å²) in [7, 11) is -3.95. The average Bonchev–Trinajstić information content (AvgIpc) is 2.90. The standard InChI is InChI=1S/C28H27F3N4O4S/c1-4-24(33-5-2)35-26(20-13-12-17(16-32)14-23(20)40(3,38)39)25-21(10-7-11-22(25)36)34(27(35)37)19-9-6-8-18(15-19)28(29,30)31/h4,6,8-9,12-15,26,33H,5,7,10-11H2,1-3H3. The summed E-state index contributed by atoms with van der Waals surface area (Å²) in [4.78, 5) is 30.0. The molecular weight excluding hydrogens is 545 g/mol. The van der Waals surface area contributed by atoms with E-state index in [4.69, 9.17) is 0 Å². The number of carbonyl (C=O) groups excluding carboxylic acids is 2. The molecule has 2 amide bonds. The number of hydrogen-bond donors (Lipinski definition) is 1. The maximum atomic E-state index is 14.3. The lowest BCUT2D eigenvalue weighted by Crippen LogP contribution is -2.53. The van der Waals surface area contributed by atoms with Crippen molar-refractivity contribution in [2.75, 3.05) is 17.7 Å². The maximum absolute atomic E-state index is 14.3. The van der Waals surface area contributed by atoms with Crippen molar-refractivity contribution in [3.05, 3.63) is 82.3 Å². The van der Waals surface area contributed by atoms with E-state index in [1.807, 2.05) is 6.07 Å². The van der Waals surface area contributed by atoms with Crippen molar-refractivity contribution < 1.29 is 31.2 Å². The van der Waals surface area contributed by atoms with Gasteiger partial charge >= 0.3 is 12.2 Å². The number of sulfone groups is 1. The van der Waals surface area contributed by atoms with Crippen molar-refractivity contribution in [3.63, 3.8) is 0 Å². The fraction of sp³-hybridized carbons (Fsp3) is 0.321. The van der Waals surface area contributed by atoms with Gasteiger partial charge in [0, 0.05) is 30.5 Å². The van der Waals surface area contributed by atoms with Gasteiger partial charge in [0.05, 0.1) is 33.8 Å². The average molecular weight is 573 g/mol. The third kappa shape index (κ3) is 5.21. The summed E-state index contributed by atoms with van der Waals surface area (Å²) in [6.45, 7) is 3.77. The zero-order chi connectivity index (χ0) is 29.4. The number of anilines is 1. The number of nitriles is 1. The molecule has 4 rings (SSSR count). The van der Waals surface area contributed by atoms with Crippen molar-refractivity contribution >= 4 is 27.3 Å². The van der Waals surface area contributed by atoms with E-state index < -0.39 is 33.6 Å². The van der Waals surface area contributed by atoms with Gasteiger partial charge in [-0.3, -0.25) is 14.6 Å². The van der Waals surface area contributed by atoms with Gasteiger partial charge in [0.25, 0.3) is 0 Å². The molecular formula is C28H27F3N4O4S. The van der Waals surface area contributed by atoms with E-state index in [1.54, 1.807) is 19.9 Å². The maximum Gasteiger partial charge on any atom is 0.416 e. The molecule has 1 atom stereocenters. The Morgan fingerprint density at radius 2 is 1.90 bits per heavy atom. The predicted molar refractivity (Wildman–Crippen MR) is 141 cm³/mol. The lowest BCUT2D eigenvalue weighted by Gasteiger charge is -2.46. The first kappa shape index (κ1) is 28.9. The molecule has 1 unspecified atom stereocenters. The van der Waals surface area contributed by atoms with Crippen LogP contribution in [-0.4, -0.2) is 37.9 Å². The molecule has 2 aromatic carbocycles. The summed E-state index contributed by atoms with van der Waals surface area (Å²) in [5.41, 5.74) is -0.502. The first-order valence-electron chi connectivity index (χ1n) is 12.5. The van der Waals surface area contributed by atoms with Crippen LogP contribution in [0.3, 0.4) is 0 Å². The molecule has 210 valence electrons. The van der Waals surface area contributed by atoms with Gasteiger partial charge in [0.15, 0.2) is 15.6 Å². The molecule has 0 saturated carbocycles. The smallest absolute Gasteiger partial charge is 0.372 e. The van der Waals surface area contributed by atoms with Crippen LogP contribution in [0.25, 0.3) is 0 Å². The van der Waals surface area contributed by atoms with Gasteiger partial charge in [0.2, 0.25) is 0 Å². The summed E-state index contributed by atoms with van der Waals surface area (Å²) in [6, 6.07) is 8.26. The molecule has 2 aliphatic rings. The van der Waals surface area contributed by atoms with Crippen LogP contribution in [0, 0.1) is 11.3 Å². The number of halogens is 3. The molecule has 1 heterocycles. The van der Waals surface area contributed by atoms with E-state index in [9.17, 15) is 36.4 Å². The summed E-state index contributed by atoms with van der Waals surface area (Å²) < 4.78 is 66.7. The monoisotopic (exact) mass is 572 g/mol. The molecule has 0 saturated heterocycles. The zero-order valence-electron chi connectivity index (χ0n) is 22.0. The summed E-state index contributed by atoms with van der Waals surface area (Å²) >= 11 is 0. The second kappa shape index (κ2) is 10.8. The van der Waals surface area contributed by atoms with Gasteiger partial charge in [0.1, 0.15) is 5.82 Å². The van der Waals surface area contributed by atoms with Crippen LogP contribution < -0.4 is 10.2 Å². The van der Waals surface area contributed by atoms with Crippen molar-refractivity contribution in [1.82, 2.24) is 10.2 Å². The number of ketones is 1. The number of Topliss-reactive ketones (excluding diaryl/α,β-unsaturated/α-hetero) is 1. The Morgan fingerprint density at radius 3 is 2.50 bits per heavy atom. The Kier molecular flexibility index (Phi) is 7.81. The SMILES string of the molecule is CC=C(NCC)N1C(=O)N(c2cccc(C(F)(F)F)c2)C2=C(C(=O)CCC2)C1c1ccc(C#N)cc1S(C)(=O)=O. The highest BCUT2D eigenvalue weighted by molar-refractivity contribution is 7.90. The van der Waals surface area contributed by atoms with Crippen molar-refractivity contribution in [2.45, 2.75) is 50.2 Å². The Hall–Kier alpha value is -4.11. The molecule has 2 aromatic rings. The molecule has 12 heteroatoms. The fourth-order valence-corrected chi connectivity index (χ4v) is 6.08. The largest absolute Gasteiger partial charge is 0.416 e. The van der Waals surface area contributed by atoms with E-state index in [2.05, 4.69) is 5.32 Å². The number of alkyl halides is 3. The van der Waals surface area contributed by atoms with Crippen LogP contribution in [0.15, 0.2) is 70.5 Å². The highest BCUT2D eigenvalue weighted by atomic mass is 32.2. The van der Waals surface area contributed by atoms with Crippen molar-refractivity contribution in [2.24, 2.45) is 0 Å². The number of benzene rings is 2. The lowest BCUT2D eigenvalue weighted by atomic mass is 9.83. The predicted octanol–water partition coefficient (Wildman–Crippen LogP) is 5.44. The minimum Gasteiger partial charge on any atom is -0.372 e. The minimum atomic E-state index is -4.66. The Bertz CT molecular complexity index is 1590. The molecule has 40 heavy (non-hydrogen) atoms. The molecule has 1 aliphatic heterocycles. The van der Waals surface area contributed by atoms with Crippen LogP contribution in [0.4, 0.5) is 23.7 Å². The molecule has 0 aromatic heterocycles. The van der Waals surface area contributed by atoms with Gasteiger partial charge in [-0.2, -0.15) is 18.4 Å². The van der Waals surface area contributed by atoms with Gasteiger partial charge in [-0.05, 0) is 68.7 Å². The molecule has 8 nitrogen and oxygen atoms in total. The number of carbonyl (C=O) groups is 2. The summed E-state index contributed by atoms with van der Waals surface area (Å²) in [5.74, 6) is -0.111. The first-order valence-corrected chi connectivity index (χ1v) is 14.4. The third-order valence-electron chi connectivity index (χ3n) is 6.79. The van der Waals surface area contributed by atoms with Crippen LogP contribution in [0.5, 0.6) is 0 Å². The Labute approximate surface area is 230 Å². The van der Waals surface area contributed by atoms with Crippen LogP contribution in [0.2, 0.25) is 0 Å². The number of urea groups is 1. The molecule has 0 fully saturated rings. The number of nitrogens with zero attached hydrogens (tertiary/aromatic N) is 3. The van der Waals surface area contributed by atoms with Crippen LogP contribution >= 0.6 is 0 Å².